The van der Waals surface area contributed by atoms with Crippen molar-refractivity contribution < 1.29 is 19.2 Å². The van der Waals surface area contributed by atoms with Crippen molar-refractivity contribution in [2.45, 2.75) is 12.1 Å². The average molecular weight is 337 g/mol. The highest BCUT2D eigenvalue weighted by atomic mass is 32.1. The molecule has 0 aromatic carbocycles. The normalized spacial score (nSPS) is 12.9. The Balaban J connectivity index is 4.00. The number of nitrogens with one attached hydrogen (secondary N) is 3. The average Bonchev–Trinajstić information content (AvgIpc) is 2.46. The molecule has 0 heterocycles. The fourth-order valence-corrected chi connectivity index (χ4v) is 1.51. The minimum Gasteiger partial charge on any atom is -0.368 e. The molecule has 7 N–H and O–H groups in total. The molecular formula is C10H19N5O4S2. The summed E-state index contributed by atoms with van der Waals surface area (Å²) in [5.74, 6) is -2.22. The molecular weight excluding hydrogens is 318 g/mol. The predicted octanol–water partition coefficient (Wildman–Crippen LogP) is -3.62. The minimum absolute atomic E-state index is 0.0483. The Morgan fingerprint density at radius 2 is 1.52 bits per heavy atom. The van der Waals surface area contributed by atoms with Gasteiger partial charge in [-0.3, -0.25) is 19.2 Å². The van der Waals surface area contributed by atoms with E-state index in [4.69, 9.17) is 11.5 Å². The molecule has 0 aromatic heterocycles. The van der Waals surface area contributed by atoms with Crippen LogP contribution in [0, 0.1) is 0 Å². The molecule has 11 heteroatoms. The molecule has 0 aliphatic heterocycles. The van der Waals surface area contributed by atoms with E-state index in [1.807, 2.05) is 0 Å². The monoisotopic (exact) mass is 337 g/mol. The molecule has 21 heavy (non-hydrogen) atoms. The van der Waals surface area contributed by atoms with Crippen LogP contribution in [0.25, 0.3) is 0 Å². The minimum atomic E-state index is -0.911. The number of nitrogens with two attached hydrogens (primary N) is 2. The quantitative estimate of drug-likeness (QED) is 0.216. The van der Waals surface area contributed by atoms with Crippen molar-refractivity contribution in [2.75, 3.05) is 24.6 Å². The van der Waals surface area contributed by atoms with Crippen molar-refractivity contribution in [3.8, 4) is 0 Å². The Morgan fingerprint density at radius 3 is 2.00 bits per heavy atom. The third-order valence-corrected chi connectivity index (χ3v) is 3.02. The van der Waals surface area contributed by atoms with E-state index in [0.29, 0.717) is 0 Å². The molecule has 120 valence electrons. The van der Waals surface area contributed by atoms with Crippen LogP contribution < -0.4 is 27.4 Å². The van der Waals surface area contributed by atoms with Crippen molar-refractivity contribution in [3.05, 3.63) is 0 Å². The summed E-state index contributed by atoms with van der Waals surface area (Å²) in [6.45, 7) is -0.676. The molecule has 0 saturated carbocycles. The Morgan fingerprint density at radius 1 is 0.952 bits per heavy atom. The van der Waals surface area contributed by atoms with E-state index in [-0.39, 0.29) is 24.6 Å². The Bertz CT molecular complexity index is 407. The molecule has 2 atom stereocenters. The number of hydrogen-bond acceptors (Lipinski definition) is 7. The number of primary amides is 1. The topological polar surface area (TPSA) is 156 Å². The van der Waals surface area contributed by atoms with Gasteiger partial charge < -0.3 is 27.4 Å². The van der Waals surface area contributed by atoms with E-state index in [1.54, 1.807) is 0 Å². The predicted molar refractivity (Wildman–Crippen MR) is 82.8 cm³/mol. The van der Waals surface area contributed by atoms with Gasteiger partial charge in [0.2, 0.25) is 23.6 Å². The fourth-order valence-electron chi connectivity index (χ4n) is 1.07. The van der Waals surface area contributed by atoms with Crippen LogP contribution in [-0.2, 0) is 19.2 Å². The number of thiol groups is 2. The SMILES string of the molecule is NC(=O)[C@H](CS)NC(=O)CNC(=O)CNC(=O)C(N)CS. The van der Waals surface area contributed by atoms with Crippen LogP contribution in [0.2, 0.25) is 0 Å². The lowest BCUT2D eigenvalue weighted by Gasteiger charge is -2.13. The van der Waals surface area contributed by atoms with Crippen LogP contribution >= 0.6 is 25.3 Å². The number of carbonyl (C=O) groups is 4. The first-order valence-electron chi connectivity index (χ1n) is 5.92. The van der Waals surface area contributed by atoms with Gasteiger partial charge in [-0.25, -0.2) is 0 Å². The molecule has 0 rings (SSSR count). The van der Waals surface area contributed by atoms with Gasteiger partial charge in [0.15, 0.2) is 0 Å². The smallest absolute Gasteiger partial charge is 0.240 e. The van der Waals surface area contributed by atoms with Gasteiger partial charge in [-0.05, 0) is 0 Å². The maximum Gasteiger partial charge on any atom is 0.240 e. The first-order valence-corrected chi connectivity index (χ1v) is 7.18. The Labute approximate surface area is 132 Å². The van der Waals surface area contributed by atoms with Crippen LogP contribution in [0.15, 0.2) is 0 Å². The second kappa shape index (κ2) is 10.3. The van der Waals surface area contributed by atoms with Crippen LogP contribution in [-0.4, -0.2) is 60.3 Å². The molecule has 9 nitrogen and oxygen atoms in total. The standard InChI is InChI=1S/C10H19N5O4S2/c11-5(3-20)10(19)14-1-7(16)13-2-8(17)15-6(4-21)9(12)18/h5-6,20-21H,1-4,11H2,(H2,12,18)(H,13,16)(H,14,19)(H,15,17)/t5?,6-/m0/s1. The molecule has 0 saturated heterocycles. The molecule has 0 aromatic rings. The van der Waals surface area contributed by atoms with Crippen molar-refractivity contribution in [3.63, 3.8) is 0 Å². The summed E-state index contributed by atoms with van der Waals surface area (Å²) < 4.78 is 0. The Kier molecular flexibility index (Phi) is 9.58. The van der Waals surface area contributed by atoms with Crippen LogP contribution in [0.4, 0.5) is 0 Å². The lowest BCUT2D eigenvalue weighted by Crippen LogP contribution is -2.50. The second-order valence-corrected chi connectivity index (χ2v) is 4.72. The van der Waals surface area contributed by atoms with Gasteiger partial charge in [0.1, 0.15) is 6.04 Å². The second-order valence-electron chi connectivity index (χ2n) is 3.99. The van der Waals surface area contributed by atoms with Gasteiger partial charge in [0.25, 0.3) is 0 Å². The van der Waals surface area contributed by atoms with E-state index in [2.05, 4.69) is 41.2 Å². The molecule has 1 unspecified atom stereocenters. The first kappa shape index (κ1) is 19.5. The summed E-state index contributed by atoms with van der Waals surface area (Å²) in [7, 11) is 0. The molecule has 0 radical (unpaired) electrons. The fraction of sp³-hybridized carbons (Fsp3) is 0.600. The summed E-state index contributed by atoms with van der Waals surface area (Å²) in [6, 6.07) is -1.72. The maximum absolute atomic E-state index is 11.4. The molecule has 0 aliphatic rings. The summed E-state index contributed by atoms with van der Waals surface area (Å²) in [4.78, 5) is 45.0. The summed E-state index contributed by atoms with van der Waals surface area (Å²) >= 11 is 7.70. The van der Waals surface area contributed by atoms with Crippen LogP contribution in [0.3, 0.4) is 0 Å². The van der Waals surface area contributed by atoms with E-state index in [1.165, 1.54) is 0 Å². The van der Waals surface area contributed by atoms with Gasteiger partial charge in [0, 0.05) is 11.5 Å². The summed E-state index contributed by atoms with van der Waals surface area (Å²) in [5, 5.41) is 6.84. The van der Waals surface area contributed by atoms with Crippen LogP contribution in [0.5, 0.6) is 0 Å². The first-order chi connectivity index (χ1) is 9.81. The van der Waals surface area contributed by atoms with Crippen molar-refractivity contribution in [1.29, 1.82) is 0 Å². The lowest BCUT2D eigenvalue weighted by molar-refractivity contribution is -0.129. The van der Waals surface area contributed by atoms with Crippen molar-refractivity contribution >= 4 is 48.9 Å². The van der Waals surface area contributed by atoms with E-state index >= 15 is 0 Å². The van der Waals surface area contributed by atoms with Gasteiger partial charge in [-0.2, -0.15) is 25.3 Å². The summed E-state index contributed by atoms with van der Waals surface area (Å²) in [6.07, 6.45) is 0. The lowest BCUT2D eigenvalue weighted by atomic mass is 10.3. The Hall–Kier alpha value is -1.46. The molecule has 0 bridgehead atoms. The van der Waals surface area contributed by atoms with E-state index in [0.717, 1.165) is 0 Å². The highest BCUT2D eigenvalue weighted by molar-refractivity contribution is 7.80. The van der Waals surface area contributed by atoms with Gasteiger partial charge in [0.05, 0.1) is 19.1 Å². The number of amides is 4. The zero-order chi connectivity index (χ0) is 16.4. The molecule has 0 spiro atoms. The third-order valence-electron chi connectivity index (χ3n) is 2.26. The van der Waals surface area contributed by atoms with Crippen LogP contribution in [0.1, 0.15) is 0 Å². The highest BCUT2D eigenvalue weighted by Crippen LogP contribution is 1.86. The highest BCUT2D eigenvalue weighted by Gasteiger charge is 2.17. The zero-order valence-electron chi connectivity index (χ0n) is 11.2. The third kappa shape index (κ3) is 8.42. The largest absolute Gasteiger partial charge is 0.368 e. The van der Waals surface area contributed by atoms with E-state index < -0.39 is 35.7 Å². The van der Waals surface area contributed by atoms with E-state index in [9.17, 15) is 19.2 Å². The van der Waals surface area contributed by atoms with Crippen molar-refractivity contribution in [1.82, 2.24) is 16.0 Å². The van der Waals surface area contributed by atoms with Gasteiger partial charge in [-0.15, -0.1) is 0 Å². The number of hydrogen-bond donors (Lipinski definition) is 7. The van der Waals surface area contributed by atoms with Crippen molar-refractivity contribution in [2.24, 2.45) is 11.5 Å². The molecule has 4 amide bonds. The summed E-state index contributed by atoms with van der Waals surface area (Å²) in [5.41, 5.74) is 10.4. The zero-order valence-corrected chi connectivity index (χ0v) is 13.0. The van der Waals surface area contributed by atoms with Gasteiger partial charge >= 0.3 is 0 Å². The number of carbonyl (C=O) groups excluding carboxylic acids is 4. The molecule has 0 aliphatic carbocycles. The molecule has 0 fully saturated rings. The maximum atomic E-state index is 11.4. The van der Waals surface area contributed by atoms with Gasteiger partial charge in [-0.1, -0.05) is 0 Å². The number of rotatable bonds is 9.